The summed E-state index contributed by atoms with van der Waals surface area (Å²) in [7, 11) is 1.44. The number of hydrazone groups is 1. The molecular weight excluding hydrogens is 298 g/mol. The number of hydrogen-bond acceptors (Lipinski definition) is 5. The molecule has 1 heterocycles. The van der Waals surface area contributed by atoms with Gasteiger partial charge in [-0.2, -0.15) is 5.10 Å². The topological polar surface area (TPSA) is 92.9 Å². The van der Waals surface area contributed by atoms with E-state index < -0.39 is 5.91 Å². The van der Waals surface area contributed by atoms with Crippen molar-refractivity contribution < 1.29 is 14.6 Å². The first-order valence-corrected chi connectivity index (χ1v) is 6.96. The van der Waals surface area contributed by atoms with Gasteiger partial charge in [-0.15, -0.1) is 0 Å². The minimum absolute atomic E-state index is 0.0121. The number of phenols is 1. The molecule has 1 amide bonds. The van der Waals surface area contributed by atoms with E-state index in [-0.39, 0.29) is 16.9 Å². The molecule has 0 aliphatic heterocycles. The molecule has 2 rings (SSSR count). The van der Waals surface area contributed by atoms with E-state index in [4.69, 9.17) is 4.74 Å². The standard InChI is InChI=1S/C16H17N3O4/c1-3-19-8-4-5-12(16(19)22)15(21)18-17-10-11-6-7-13(20)14(9-11)23-2/h4-10,20H,3H2,1-2H3,(H,18,21)/b17-10-. The SMILES string of the molecule is CCn1cccc(C(=O)N/N=C\c2ccc(O)c(OC)c2)c1=O. The summed E-state index contributed by atoms with van der Waals surface area (Å²) < 4.78 is 6.41. The van der Waals surface area contributed by atoms with Crippen LogP contribution in [0.15, 0.2) is 46.4 Å². The van der Waals surface area contributed by atoms with Crippen LogP contribution in [-0.2, 0) is 6.54 Å². The highest BCUT2D eigenvalue weighted by Crippen LogP contribution is 2.25. The third-order valence-corrected chi connectivity index (χ3v) is 3.19. The van der Waals surface area contributed by atoms with Crippen LogP contribution in [0.2, 0.25) is 0 Å². The van der Waals surface area contributed by atoms with Crippen molar-refractivity contribution in [3.8, 4) is 11.5 Å². The van der Waals surface area contributed by atoms with Crippen LogP contribution in [0.25, 0.3) is 0 Å². The zero-order valence-electron chi connectivity index (χ0n) is 12.8. The number of carbonyl (C=O) groups is 1. The lowest BCUT2D eigenvalue weighted by Gasteiger charge is -2.05. The van der Waals surface area contributed by atoms with Gasteiger partial charge >= 0.3 is 0 Å². The molecule has 7 nitrogen and oxygen atoms in total. The molecule has 7 heteroatoms. The van der Waals surface area contributed by atoms with Gasteiger partial charge in [0, 0.05) is 12.7 Å². The Hall–Kier alpha value is -3.09. The molecule has 1 aromatic carbocycles. The van der Waals surface area contributed by atoms with Crippen molar-refractivity contribution >= 4 is 12.1 Å². The van der Waals surface area contributed by atoms with Gasteiger partial charge in [-0.25, -0.2) is 5.43 Å². The predicted molar refractivity (Wildman–Crippen MR) is 86.1 cm³/mol. The molecule has 0 saturated heterocycles. The maximum absolute atomic E-state index is 12.0. The van der Waals surface area contributed by atoms with E-state index in [9.17, 15) is 14.7 Å². The first kappa shape index (κ1) is 16.3. The number of aryl methyl sites for hydroxylation is 1. The molecule has 0 aliphatic rings. The maximum atomic E-state index is 12.0. The van der Waals surface area contributed by atoms with Crippen molar-refractivity contribution in [1.29, 1.82) is 0 Å². The molecule has 0 unspecified atom stereocenters. The number of phenolic OH excluding ortho intramolecular Hbond substituents is 1. The Morgan fingerprint density at radius 1 is 1.43 bits per heavy atom. The molecule has 0 fully saturated rings. The Balaban J connectivity index is 2.11. The molecule has 0 bridgehead atoms. The predicted octanol–water partition coefficient (Wildman–Crippen LogP) is 1.35. The van der Waals surface area contributed by atoms with E-state index in [1.54, 1.807) is 24.4 Å². The smallest absolute Gasteiger partial charge is 0.276 e. The fourth-order valence-corrected chi connectivity index (χ4v) is 1.96. The van der Waals surface area contributed by atoms with Gasteiger partial charge in [0.25, 0.3) is 11.5 Å². The van der Waals surface area contributed by atoms with Crippen molar-refractivity contribution in [3.63, 3.8) is 0 Å². The van der Waals surface area contributed by atoms with Crippen molar-refractivity contribution in [3.05, 3.63) is 58.0 Å². The minimum Gasteiger partial charge on any atom is -0.504 e. The van der Waals surface area contributed by atoms with Crippen molar-refractivity contribution in [1.82, 2.24) is 9.99 Å². The Kier molecular flexibility index (Phi) is 5.14. The van der Waals surface area contributed by atoms with Gasteiger partial charge in [0.1, 0.15) is 5.56 Å². The zero-order chi connectivity index (χ0) is 16.8. The molecule has 2 aromatic rings. The molecule has 0 saturated carbocycles. The number of carbonyl (C=O) groups excluding carboxylic acids is 1. The van der Waals surface area contributed by atoms with Gasteiger partial charge in [-0.3, -0.25) is 9.59 Å². The summed E-state index contributed by atoms with van der Waals surface area (Å²) in [6.45, 7) is 2.30. The number of aromatic hydroxyl groups is 1. The van der Waals surface area contributed by atoms with E-state index in [0.29, 0.717) is 17.9 Å². The molecule has 2 N–H and O–H groups in total. The van der Waals surface area contributed by atoms with Gasteiger partial charge in [-0.05, 0) is 42.8 Å². The second-order valence-electron chi connectivity index (χ2n) is 4.64. The highest BCUT2D eigenvalue weighted by atomic mass is 16.5. The van der Waals surface area contributed by atoms with E-state index >= 15 is 0 Å². The lowest BCUT2D eigenvalue weighted by Crippen LogP contribution is -2.30. The number of pyridine rings is 1. The molecular formula is C16H17N3O4. The van der Waals surface area contributed by atoms with Crippen LogP contribution in [0.1, 0.15) is 22.8 Å². The van der Waals surface area contributed by atoms with Crippen molar-refractivity contribution in [2.45, 2.75) is 13.5 Å². The van der Waals surface area contributed by atoms with E-state index in [1.807, 2.05) is 6.92 Å². The summed E-state index contributed by atoms with van der Waals surface area (Å²) in [6.07, 6.45) is 3.01. The Morgan fingerprint density at radius 2 is 2.22 bits per heavy atom. The summed E-state index contributed by atoms with van der Waals surface area (Å²) in [6, 6.07) is 7.72. The average molecular weight is 315 g/mol. The summed E-state index contributed by atoms with van der Waals surface area (Å²) in [5.74, 6) is -0.271. The maximum Gasteiger partial charge on any atom is 0.276 e. The van der Waals surface area contributed by atoms with E-state index in [2.05, 4.69) is 10.5 Å². The van der Waals surface area contributed by atoms with Gasteiger partial charge in [0.15, 0.2) is 11.5 Å². The highest BCUT2D eigenvalue weighted by Gasteiger charge is 2.10. The van der Waals surface area contributed by atoms with Crippen LogP contribution in [0.4, 0.5) is 0 Å². The van der Waals surface area contributed by atoms with Crippen molar-refractivity contribution in [2.24, 2.45) is 5.10 Å². The van der Waals surface area contributed by atoms with Crippen LogP contribution in [0.5, 0.6) is 11.5 Å². The summed E-state index contributed by atoms with van der Waals surface area (Å²) in [5, 5.41) is 13.3. The van der Waals surface area contributed by atoms with Crippen LogP contribution < -0.4 is 15.7 Å². The lowest BCUT2D eigenvalue weighted by molar-refractivity contribution is 0.0953. The number of hydrogen-bond donors (Lipinski definition) is 2. The number of nitrogens with one attached hydrogen (secondary N) is 1. The Labute approximate surface area is 132 Å². The normalized spacial score (nSPS) is 10.7. The fourth-order valence-electron chi connectivity index (χ4n) is 1.96. The molecule has 120 valence electrons. The quantitative estimate of drug-likeness (QED) is 0.643. The Bertz CT molecular complexity index is 796. The van der Waals surface area contributed by atoms with Gasteiger partial charge in [0.05, 0.1) is 13.3 Å². The average Bonchev–Trinajstić information content (AvgIpc) is 2.56. The minimum atomic E-state index is -0.584. The number of rotatable bonds is 5. The lowest BCUT2D eigenvalue weighted by atomic mass is 10.2. The summed E-state index contributed by atoms with van der Waals surface area (Å²) in [4.78, 5) is 24.0. The molecule has 0 spiro atoms. The van der Waals surface area contributed by atoms with Crippen LogP contribution in [-0.4, -0.2) is 28.9 Å². The monoisotopic (exact) mass is 315 g/mol. The molecule has 0 aliphatic carbocycles. The number of amides is 1. The van der Waals surface area contributed by atoms with Crippen LogP contribution in [0, 0.1) is 0 Å². The Morgan fingerprint density at radius 3 is 2.91 bits per heavy atom. The number of methoxy groups -OCH3 is 1. The second-order valence-corrected chi connectivity index (χ2v) is 4.64. The number of ether oxygens (including phenoxy) is 1. The van der Waals surface area contributed by atoms with Crippen molar-refractivity contribution in [2.75, 3.05) is 7.11 Å². The molecule has 1 aromatic heterocycles. The number of benzene rings is 1. The fraction of sp³-hybridized carbons (Fsp3) is 0.188. The van der Waals surface area contributed by atoms with Gasteiger partial charge < -0.3 is 14.4 Å². The first-order chi connectivity index (χ1) is 11.1. The highest BCUT2D eigenvalue weighted by molar-refractivity contribution is 5.94. The zero-order valence-corrected chi connectivity index (χ0v) is 12.8. The summed E-state index contributed by atoms with van der Waals surface area (Å²) >= 11 is 0. The van der Waals surface area contributed by atoms with Gasteiger partial charge in [0.2, 0.25) is 0 Å². The first-order valence-electron chi connectivity index (χ1n) is 6.96. The van der Waals surface area contributed by atoms with E-state index in [0.717, 1.165) is 0 Å². The molecule has 0 radical (unpaired) electrons. The number of aromatic nitrogens is 1. The molecule has 0 atom stereocenters. The largest absolute Gasteiger partial charge is 0.504 e. The number of nitrogens with zero attached hydrogens (tertiary/aromatic N) is 2. The van der Waals surface area contributed by atoms with Crippen LogP contribution in [0.3, 0.4) is 0 Å². The molecule has 23 heavy (non-hydrogen) atoms. The van der Waals surface area contributed by atoms with Gasteiger partial charge in [-0.1, -0.05) is 0 Å². The van der Waals surface area contributed by atoms with Crippen LogP contribution >= 0.6 is 0 Å². The van der Waals surface area contributed by atoms with E-state index in [1.165, 1.54) is 30.0 Å². The second kappa shape index (κ2) is 7.26. The third kappa shape index (κ3) is 3.76. The summed E-state index contributed by atoms with van der Waals surface area (Å²) in [5.41, 5.74) is 2.59. The third-order valence-electron chi connectivity index (χ3n) is 3.19.